The van der Waals surface area contributed by atoms with Gasteiger partial charge in [-0.05, 0) is 22.6 Å². The zero-order valence-corrected chi connectivity index (χ0v) is 7.63. The molecule has 0 atom stereocenters. The minimum atomic E-state index is 0.421. The molecule has 0 bridgehead atoms. The summed E-state index contributed by atoms with van der Waals surface area (Å²) >= 11 is 8.27. The molecule has 2 nitrogen and oxygen atoms in total. The molecule has 0 aliphatic carbocycles. The van der Waals surface area contributed by atoms with Gasteiger partial charge in [-0.25, -0.2) is 0 Å². The van der Waals surface area contributed by atoms with Crippen LogP contribution in [0.25, 0.3) is 0 Å². The second-order valence-electron chi connectivity index (χ2n) is 0.860. The van der Waals surface area contributed by atoms with E-state index >= 15 is 0 Å². The van der Waals surface area contributed by atoms with Crippen molar-refractivity contribution in [2.24, 2.45) is 10.1 Å². The summed E-state index contributed by atoms with van der Waals surface area (Å²) in [6.07, 6.45) is 0. The fourth-order valence-electron chi connectivity index (χ4n) is 0.0931. The van der Waals surface area contributed by atoms with Crippen molar-refractivity contribution in [3.05, 3.63) is 10.9 Å². The lowest BCUT2D eigenvalue weighted by molar-refractivity contribution is 1.77. The molecule has 2 N–H and O–H groups in total. The van der Waals surface area contributed by atoms with Crippen LogP contribution in [0, 0.1) is 0 Å². The molecular formula is C3H4ClIN2S. The Morgan fingerprint density at radius 2 is 2.38 bits per heavy atom. The van der Waals surface area contributed by atoms with Crippen LogP contribution in [0.1, 0.15) is 0 Å². The molecule has 0 aliphatic rings. The Morgan fingerprint density at radius 3 is 2.50 bits per heavy atom. The quantitative estimate of drug-likeness (QED) is 0.272. The second kappa shape index (κ2) is 4.46. The third kappa shape index (κ3) is 6.58. The number of rotatable bonds is 2. The van der Waals surface area contributed by atoms with E-state index in [9.17, 15) is 0 Å². The molecule has 0 aromatic heterocycles. The van der Waals surface area contributed by atoms with Crippen LogP contribution in [0.2, 0.25) is 0 Å². The van der Waals surface area contributed by atoms with E-state index in [1.807, 2.05) is 22.6 Å². The van der Waals surface area contributed by atoms with E-state index in [1.165, 1.54) is 0 Å². The lowest BCUT2D eigenvalue weighted by Crippen LogP contribution is -1.98. The van der Waals surface area contributed by atoms with Gasteiger partial charge in [0.2, 0.25) is 0 Å². The molecular weight excluding hydrogens is 258 g/mol. The van der Waals surface area contributed by atoms with Crippen LogP contribution in [0.5, 0.6) is 0 Å². The summed E-state index contributed by atoms with van der Waals surface area (Å²) in [5, 5.41) is 0. The average molecular weight is 263 g/mol. The first-order chi connectivity index (χ1) is 3.63. The van der Waals surface area contributed by atoms with E-state index in [1.54, 1.807) is 0 Å². The van der Waals surface area contributed by atoms with Crippen LogP contribution >= 0.6 is 46.1 Å². The smallest absolute Gasteiger partial charge is 0.169 e. The lowest BCUT2D eigenvalue weighted by Gasteiger charge is -1.85. The summed E-state index contributed by atoms with van der Waals surface area (Å²) in [5.41, 5.74) is 5.16. The first kappa shape index (κ1) is 8.58. The van der Waals surface area contributed by atoms with Gasteiger partial charge in [-0.1, -0.05) is 18.2 Å². The fourth-order valence-corrected chi connectivity index (χ4v) is 0.678. The van der Waals surface area contributed by atoms with E-state index in [2.05, 4.69) is 11.0 Å². The molecule has 46 valence electrons. The van der Waals surface area contributed by atoms with E-state index in [0.717, 1.165) is 11.9 Å². The summed E-state index contributed by atoms with van der Waals surface area (Å²) in [5.74, 6) is 0. The predicted molar refractivity (Wildman–Crippen MR) is 48.2 cm³/mol. The van der Waals surface area contributed by atoms with Gasteiger partial charge >= 0.3 is 0 Å². The maximum atomic E-state index is 5.32. The van der Waals surface area contributed by atoms with Crippen LogP contribution in [-0.4, -0.2) is 3.84 Å². The molecule has 0 saturated heterocycles. The monoisotopic (exact) mass is 262 g/mol. The van der Waals surface area contributed by atoms with Crippen molar-refractivity contribution in [1.29, 1.82) is 0 Å². The highest BCUT2D eigenvalue weighted by Gasteiger charge is 1.84. The Hall–Kier alpha value is 0.580. The number of nitrogens with zero attached hydrogens (tertiary/aromatic N) is 1. The molecule has 0 fully saturated rings. The van der Waals surface area contributed by atoms with E-state index in [4.69, 9.17) is 17.3 Å². The predicted octanol–water partition coefficient (Wildman–Crippen LogP) is 2.09. The number of nitrogens with two attached hydrogens (primary N) is 1. The Balaban J connectivity index is 3.45. The Kier molecular flexibility index (Phi) is 4.78. The molecule has 0 spiro atoms. The van der Waals surface area contributed by atoms with Gasteiger partial charge in [0, 0.05) is 11.9 Å². The van der Waals surface area contributed by atoms with Crippen LogP contribution in [0.3, 0.4) is 0 Å². The first-order valence-corrected chi connectivity index (χ1v) is 3.86. The highest BCUT2D eigenvalue weighted by Crippen LogP contribution is 2.18. The standard InChI is InChI=1S/C3H4ClIN2S/c1-2(4)8-7-3(5)6/h1H2,(H2,6,7). The summed E-state index contributed by atoms with van der Waals surface area (Å²) in [4.78, 5) is 0. The number of amidine groups is 1. The zero-order valence-electron chi connectivity index (χ0n) is 3.90. The number of hydrogen-bond acceptors (Lipinski definition) is 2. The minimum absolute atomic E-state index is 0.421. The molecule has 0 amide bonds. The summed E-state index contributed by atoms with van der Waals surface area (Å²) < 4.78 is 4.58. The SMILES string of the molecule is C=C(Cl)SN=C(N)I. The van der Waals surface area contributed by atoms with E-state index in [-0.39, 0.29) is 0 Å². The molecule has 0 radical (unpaired) electrons. The van der Waals surface area contributed by atoms with Crippen LogP contribution in [0.4, 0.5) is 0 Å². The number of halogens is 2. The molecule has 0 saturated carbocycles. The molecule has 0 aromatic rings. The van der Waals surface area contributed by atoms with Crippen molar-refractivity contribution < 1.29 is 0 Å². The van der Waals surface area contributed by atoms with Gasteiger partial charge < -0.3 is 5.73 Å². The normalized spacial score (nSPS) is 11.5. The van der Waals surface area contributed by atoms with Crippen molar-refractivity contribution in [2.75, 3.05) is 0 Å². The van der Waals surface area contributed by atoms with Crippen molar-refractivity contribution in [2.45, 2.75) is 0 Å². The van der Waals surface area contributed by atoms with Gasteiger partial charge in [-0.2, -0.15) is 4.40 Å². The molecule has 5 heteroatoms. The Labute approximate surface area is 70.8 Å². The van der Waals surface area contributed by atoms with Gasteiger partial charge in [-0.3, -0.25) is 0 Å². The molecule has 0 heterocycles. The Bertz CT molecular complexity index is 120. The number of hydrogen-bond donors (Lipinski definition) is 1. The minimum Gasteiger partial charge on any atom is -0.378 e. The van der Waals surface area contributed by atoms with Crippen molar-refractivity contribution in [3.8, 4) is 0 Å². The molecule has 0 aromatic carbocycles. The molecule has 0 unspecified atom stereocenters. The summed E-state index contributed by atoms with van der Waals surface area (Å²) in [6.45, 7) is 3.39. The lowest BCUT2D eigenvalue weighted by atomic mass is 11.3. The Morgan fingerprint density at radius 1 is 1.88 bits per heavy atom. The first-order valence-electron chi connectivity index (χ1n) is 1.63. The van der Waals surface area contributed by atoms with Crippen LogP contribution in [0.15, 0.2) is 15.3 Å². The third-order valence-corrected chi connectivity index (χ3v) is 1.49. The van der Waals surface area contributed by atoms with Gasteiger partial charge in [0.25, 0.3) is 0 Å². The zero-order chi connectivity index (χ0) is 6.57. The molecule has 0 rings (SSSR count). The topological polar surface area (TPSA) is 38.4 Å². The maximum absolute atomic E-state index is 5.32. The average Bonchev–Trinajstić information content (AvgIpc) is 1.61. The van der Waals surface area contributed by atoms with E-state index in [0.29, 0.717) is 8.21 Å². The van der Waals surface area contributed by atoms with E-state index < -0.39 is 0 Å². The summed E-state index contributed by atoms with van der Waals surface area (Å²) in [7, 11) is 0. The maximum Gasteiger partial charge on any atom is 0.169 e. The van der Waals surface area contributed by atoms with Gasteiger partial charge in [0.15, 0.2) is 3.84 Å². The highest BCUT2D eigenvalue weighted by atomic mass is 127. The van der Waals surface area contributed by atoms with Gasteiger partial charge in [0.1, 0.15) is 0 Å². The van der Waals surface area contributed by atoms with Crippen molar-refractivity contribution in [3.63, 3.8) is 0 Å². The van der Waals surface area contributed by atoms with Crippen molar-refractivity contribution in [1.82, 2.24) is 0 Å². The van der Waals surface area contributed by atoms with Crippen molar-refractivity contribution >= 4 is 50.0 Å². The largest absolute Gasteiger partial charge is 0.378 e. The molecule has 0 aliphatic heterocycles. The highest BCUT2D eigenvalue weighted by molar-refractivity contribution is 14.1. The molecule has 8 heavy (non-hydrogen) atoms. The fraction of sp³-hybridized carbons (Fsp3) is 0. The van der Waals surface area contributed by atoms with Gasteiger partial charge in [-0.15, -0.1) is 0 Å². The third-order valence-electron chi connectivity index (χ3n) is 0.232. The summed E-state index contributed by atoms with van der Waals surface area (Å²) in [6, 6.07) is 0. The van der Waals surface area contributed by atoms with Crippen LogP contribution < -0.4 is 5.73 Å². The second-order valence-corrected chi connectivity index (χ2v) is 3.50. The van der Waals surface area contributed by atoms with Crippen LogP contribution in [-0.2, 0) is 0 Å². The van der Waals surface area contributed by atoms with Gasteiger partial charge in [0.05, 0.1) is 4.36 Å².